The van der Waals surface area contributed by atoms with Crippen molar-refractivity contribution in [2.75, 3.05) is 19.3 Å². The number of likely N-dealkylation sites (N-methyl/N-ethyl adjacent to an activating group) is 1. The molecule has 0 atom stereocenters. The van der Waals surface area contributed by atoms with E-state index in [0.717, 1.165) is 25.2 Å². The summed E-state index contributed by atoms with van der Waals surface area (Å²) < 4.78 is 2.28. The van der Waals surface area contributed by atoms with Crippen molar-refractivity contribution < 1.29 is 0 Å². The summed E-state index contributed by atoms with van der Waals surface area (Å²) in [4.78, 5) is 10.3. The summed E-state index contributed by atoms with van der Waals surface area (Å²) in [5, 5.41) is 1.28. The molecule has 0 saturated carbocycles. The van der Waals surface area contributed by atoms with Crippen LogP contribution in [0.25, 0.3) is 10.9 Å². The number of hydrogen-bond acceptors (Lipinski definition) is 4. The van der Waals surface area contributed by atoms with Gasteiger partial charge in [0, 0.05) is 49.3 Å². The molecular weight excluding hydrogens is 262 g/mol. The Morgan fingerprint density at radius 2 is 1.90 bits per heavy atom. The van der Waals surface area contributed by atoms with E-state index < -0.39 is 0 Å². The van der Waals surface area contributed by atoms with Crippen LogP contribution in [-0.4, -0.2) is 33.0 Å². The van der Waals surface area contributed by atoms with Gasteiger partial charge in [0.05, 0.1) is 0 Å². The Balaban J connectivity index is 1.60. The highest BCUT2D eigenvalue weighted by molar-refractivity contribution is 5.79. The summed E-state index contributed by atoms with van der Waals surface area (Å²) in [5.74, 6) is 0.320. The Hall–Kier alpha value is -2.40. The molecule has 2 heterocycles. The molecule has 21 heavy (non-hydrogen) atoms. The number of nitrogens with two attached hydrogens (primary N) is 1. The topological polar surface area (TPSA) is 60.0 Å². The molecule has 0 fully saturated rings. The number of anilines is 1. The lowest BCUT2D eigenvalue weighted by molar-refractivity contribution is 0.312. The number of benzene rings is 1. The van der Waals surface area contributed by atoms with Crippen molar-refractivity contribution in [1.29, 1.82) is 0 Å². The van der Waals surface area contributed by atoms with Gasteiger partial charge in [-0.2, -0.15) is 0 Å². The van der Waals surface area contributed by atoms with E-state index in [0.29, 0.717) is 5.95 Å². The van der Waals surface area contributed by atoms with E-state index in [1.807, 2.05) is 0 Å². The molecule has 0 bridgehead atoms. The van der Waals surface area contributed by atoms with E-state index in [1.54, 1.807) is 12.4 Å². The fourth-order valence-corrected chi connectivity index (χ4v) is 2.45. The van der Waals surface area contributed by atoms with Crippen molar-refractivity contribution >= 4 is 16.9 Å². The quantitative estimate of drug-likeness (QED) is 0.778. The van der Waals surface area contributed by atoms with E-state index in [-0.39, 0.29) is 0 Å². The summed E-state index contributed by atoms with van der Waals surface area (Å²) in [6, 6.07) is 10.6. The van der Waals surface area contributed by atoms with E-state index in [9.17, 15) is 0 Å². The Labute approximate surface area is 124 Å². The summed E-state index contributed by atoms with van der Waals surface area (Å²) >= 11 is 0. The lowest BCUT2D eigenvalue weighted by atomic mass is 10.2. The second kappa shape index (κ2) is 5.93. The molecule has 108 valence electrons. The number of fused-ring (bicyclic) bond motifs is 1. The number of hydrogen-bond donors (Lipinski definition) is 1. The first-order chi connectivity index (χ1) is 10.2. The van der Waals surface area contributed by atoms with Crippen LogP contribution in [0, 0.1) is 0 Å². The molecule has 0 unspecified atom stereocenters. The van der Waals surface area contributed by atoms with Crippen molar-refractivity contribution in [1.82, 2.24) is 19.4 Å². The normalized spacial score (nSPS) is 11.3. The Morgan fingerprint density at radius 1 is 1.14 bits per heavy atom. The molecule has 0 amide bonds. The molecule has 5 nitrogen and oxygen atoms in total. The van der Waals surface area contributed by atoms with E-state index in [2.05, 4.69) is 63.0 Å². The molecule has 0 aliphatic carbocycles. The van der Waals surface area contributed by atoms with Gasteiger partial charge in [0.25, 0.3) is 0 Å². The number of aromatic nitrogens is 3. The molecule has 3 aromatic rings. The number of para-hydroxylation sites is 1. The standard InChI is InChI=1S/C16H19N5/c1-20(12-13-10-18-16(17)19-11-13)8-9-21-7-6-14-4-2-3-5-15(14)21/h2-7,10-11H,8-9,12H2,1H3,(H2,17,18,19). The highest BCUT2D eigenvalue weighted by Gasteiger charge is 2.04. The van der Waals surface area contributed by atoms with Crippen LogP contribution in [-0.2, 0) is 13.1 Å². The van der Waals surface area contributed by atoms with Gasteiger partial charge >= 0.3 is 0 Å². The maximum Gasteiger partial charge on any atom is 0.219 e. The van der Waals surface area contributed by atoms with Gasteiger partial charge in [0.15, 0.2) is 0 Å². The Kier molecular flexibility index (Phi) is 3.83. The lowest BCUT2D eigenvalue weighted by Crippen LogP contribution is -2.22. The van der Waals surface area contributed by atoms with Crippen LogP contribution in [0.2, 0.25) is 0 Å². The highest BCUT2D eigenvalue weighted by atomic mass is 15.1. The zero-order valence-electron chi connectivity index (χ0n) is 12.1. The first-order valence-electron chi connectivity index (χ1n) is 7.01. The largest absolute Gasteiger partial charge is 0.368 e. The number of nitrogens with zero attached hydrogens (tertiary/aromatic N) is 4. The molecule has 0 saturated heterocycles. The SMILES string of the molecule is CN(CCn1ccc2ccccc21)Cc1cnc(N)nc1. The van der Waals surface area contributed by atoms with Crippen molar-refractivity contribution in [3.05, 3.63) is 54.5 Å². The molecule has 2 N–H and O–H groups in total. The van der Waals surface area contributed by atoms with Gasteiger partial charge in [-0.3, -0.25) is 0 Å². The van der Waals surface area contributed by atoms with Gasteiger partial charge in [0.2, 0.25) is 5.95 Å². The second-order valence-electron chi connectivity index (χ2n) is 5.26. The van der Waals surface area contributed by atoms with E-state index in [1.165, 1.54) is 10.9 Å². The predicted octanol–water partition coefficient (Wildman–Crippen LogP) is 2.15. The van der Waals surface area contributed by atoms with Crippen molar-refractivity contribution in [3.8, 4) is 0 Å². The summed E-state index contributed by atoms with van der Waals surface area (Å²) in [7, 11) is 2.10. The minimum atomic E-state index is 0.320. The maximum absolute atomic E-state index is 5.49. The van der Waals surface area contributed by atoms with Gasteiger partial charge in [-0.15, -0.1) is 0 Å². The molecule has 0 aliphatic heterocycles. The fourth-order valence-electron chi connectivity index (χ4n) is 2.45. The third-order valence-electron chi connectivity index (χ3n) is 3.58. The van der Waals surface area contributed by atoms with Crippen LogP contribution in [0.3, 0.4) is 0 Å². The predicted molar refractivity (Wildman–Crippen MR) is 84.7 cm³/mol. The van der Waals surface area contributed by atoms with E-state index in [4.69, 9.17) is 5.73 Å². The smallest absolute Gasteiger partial charge is 0.219 e. The van der Waals surface area contributed by atoms with Gasteiger partial charge in [0.1, 0.15) is 0 Å². The first-order valence-corrected chi connectivity index (χ1v) is 7.01. The van der Waals surface area contributed by atoms with E-state index >= 15 is 0 Å². The Bertz CT molecular complexity index is 717. The number of rotatable bonds is 5. The zero-order chi connectivity index (χ0) is 14.7. The molecule has 0 spiro atoms. The molecule has 3 rings (SSSR count). The van der Waals surface area contributed by atoms with Crippen LogP contribution in [0.1, 0.15) is 5.56 Å². The molecule has 1 aromatic carbocycles. The first kappa shape index (κ1) is 13.6. The molecule has 5 heteroatoms. The third kappa shape index (κ3) is 3.20. The van der Waals surface area contributed by atoms with Crippen LogP contribution >= 0.6 is 0 Å². The fraction of sp³-hybridized carbons (Fsp3) is 0.250. The van der Waals surface area contributed by atoms with Crippen molar-refractivity contribution in [2.45, 2.75) is 13.1 Å². The maximum atomic E-state index is 5.49. The minimum Gasteiger partial charge on any atom is -0.368 e. The summed E-state index contributed by atoms with van der Waals surface area (Å²) in [6.45, 7) is 2.74. The number of nitrogen functional groups attached to an aromatic ring is 1. The Morgan fingerprint density at radius 3 is 2.71 bits per heavy atom. The van der Waals surface area contributed by atoms with Gasteiger partial charge in [-0.05, 0) is 24.6 Å². The molecule has 2 aromatic heterocycles. The van der Waals surface area contributed by atoms with Crippen LogP contribution in [0.15, 0.2) is 48.9 Å². The van der Waals surface area contributed by atoms with Gasteiger partial charge in [-0.25, -0.2) is 9.97 Å². The monoisotopic (exact) mass is 281 g/mol. The van der Waals surface area contributed by atoms with Gasteiger partial charge in [-0.1, -0.05) is 18.2 Å². The average molecular weight is 281 g/mol. The zero-order valence-corrected chi connectivity index (χ0v) is 12.1. The summed E-state index contributed by atoms with van der Waals surface area (Å²) in [5.41, 5.74) is 7.85. The van der Waals surface area contributed by atoms with Crippen LogP contribution in [0.4, 0.5) is 5.95 Å². The highest BCUT2D eigenvalue weighted by Crippen LogP contribution is 2.15. The molecule has 0 aliphatic rings. The van der Waals surface area contributed by atoms with Gasteiger partial charge < -0.3 is 15.2 Å². The van der Waals surface area contributed by atoms with Crippen LogP contribution < -0.4 is 5.73 Å². The third-order valence-corrected chi connectivity index (χ3v) is 3.58. The molecular formula is C16H19N5. The molecule has 0 radical (unpaired) electrons. The minimum absolute atomic E-state index is 0.320. The van der Waals surface area contributed by atoms with Crippen molar-refractivity contribution in [2.24, 2.45) is 0 Å². The van der Waals surface area contributed by atoms with Crippen LogP contribution in [0.5, 0.6) is 0 Å². The lowest BCUT2D eigenvalue weighted by Gasteiger charge is -2.17. The second-order valence-corrected chi connectivity index (χ2v) is 5.26. The summed E-state index contributed by atoms with van der Waals surface area (Å²) in [6.07, 6.45) is 5.71. The average Bonchev–Trinajstić information content (AvgIpc) is 2.91. The van der Waals surface area contributed by atoms with Crippen molar-refractivity contribution in [3.63, 3.8) is 0 Å².